The van der Waals surface area contributed by atoms with Crippen LogP contribution in [0.5, 0.6) is 5.75 Å². The Bertz CT molecular complexity index is 688. The summed E-state index contributed by atoms with van der Waals surface area (Å²) in [7, 11) is 1.75. The van der Waals surface area contributed by atoms with E-state index in [0.717, 1.165) is 6.08 Å². The van der Waals surface area contributed by atoms with Gasteiger partial charge in [-0.15, -0.1) is 0 Å². The number of carboxylic acids is 1. The molecule has 1 aromatic rings. The predicted molar refractivity (Wildman–Crippen MR) is 85.6 cm³/mol. The lowest BCUT2D eigenvalue weighted by atomic mass is 9.97. The van der Waals surface area contributed by atoms with Gasteiger partial charge in [0.25, 0.3) is 0 Å². The second-order valence-corrected chi connectivity index (χ2v) is 6.50. The molecule has 0 fully saturated rings. The number of rotatable bonds is 4. The Kier molecular flexibility index (Phi) is 4.77. The third-order valence-electron chi connectivity index (χ3n) is 3.64. The van der Waals surface area contributed by atoms with Crippen LogP contribution in [0.2, 0.25) is 5.02 Å². The van der Waals surface area contributed by atoms with Crippen molar-refractivity contribution in [3.8, 4) is 5.75 Å². The van der Waals surface area contributed by atoms with Crippen molar-refractivity contribution in [3.05, 3.63) is 28.8 Å². The maximum Gasteiger partial charge on any atom is 0.443 e. The molecule has 2 rings (SSSR count). The van der Waals surface area contributed by atoms with Gasteiger partial charge in [0.2, 0.25) is 0 Å². The number of hydrogen-bond acceptors (Lipinski definition) is 3. The van der Waals surface area contributed by atoms with Crippen molar-refractivity contribution < 1.29 is 27.8 Å². The minimum Gasteiger partial charge on any atom is -0.478 e. The lowest BCUT2D eigenvalue weighted by Crippen LogP contribution is -2.56. The van der Waals surface area contributed by atoms with Gasteiger partial charge in [-0.1, -0.05) is 31.5 Å². The average Bonchev–Trinajstić information content (AvgIpc) is 2.43. The fraction of sp³-hybridized carbons (Fsp3) is 0.438. The van der Waals surface area contributed by atoms with E-state index in [4.69, 9.17) is 21.4 Å². The fourth-order valence-corrected chi connectivity index (χ4v) is 2.83. The van der Waals surface area contributed by atoms with E-state index in [9.17, 15) is 18.0 Å². The van der Waals surface area contributed by atoms with E-state index in [0.29, 0.717) is 34.8 Å². The number of aliphatic carboxylic acids is 1. The van der Waals surface area contributed by atoms with Crippen molar-refractivity contribution in [2.45, 2.75) is 25.6 Å². The molecule has 132 valence electrons. The second kappa shape index (κ2) is 6.20. The topological polar surface area (TPSA) is 49.8 Å². The van der Waals surface area contributed by atoms with Gasteiger partial charge in [0.15, 0.2) is 0 Å². The lowest BCUT2D eigenvalue weighted by molar-refractivity contribution is -0.235. The van der Waals surface area contributed by atoms with Gasteiger partial charge in [0.05, 0.1) is 10.7 Å². The number of halogens is 4. The molecule has 1 heterocycles. The highest BCUT2D eigenvalue weighted by Gasteiger charge is 2.63. The van der Waals surface area contributed by atoms with Gasteiger partial charge >= 0.3 is 17.7 Å². The Morgan fingerprint density at radius 3 is 2.54 bits per heavy atom. The number of alkyl halides is 3. The van der Waals surface area contributed by atoms with E-state index in [1.165, 1.54) is 12.1 Å². The number of fused-ring (bicyclic) bond motifs is 1. The summed E-state index contributed by atoms with van der Waals surface area (Å²) in [5.74, 6) is -1.99. The van der Waals surface area contributed by atoms with Crippen LogP contribution in [0.25, 0.3) is 6.08 Å². The summed E-state index contributed by atoms with van der Waals surface area (Å²) in [6.45, 7) is 4.60. The number of benzene rings is 1. The summed E-state index contributed by atoms with van der Waals surface area (Å²) >= 11 is 6.19. The minimum atomic E-state index is -5.10. The highest BCUT2D eigenvalue weighted by molar-refractivity contribution is 6.33. The van der Waals surface area contributed by atoms with E-state index in [1.807, 2.05) is 13.8 Å². The van der Waals surface area contributed by atoms with Crippen LogP contribution in [-0.4, -0.2) is 36.4 Å². The molecular weight excluding hydrogens is 347 g/mol. The number of nitrogens with zero attached hydrogens (tertiary/aromatic N) is 1. The number of carboxylic acid groups (broad SMARTS) is 1. The summed E-state index contributed by atoms with van der Waals surface area (Å²) in [6.07, 6.45) is -3.54. The van der Waals surface area contributed by atoms with Crippen molar-refractivity contribution in [2.75, 3.05) is 18.5 Å². The highest BCUT2D eigenvalue weighted by Crippen LogP contribution is 2.44. The third-order valence-corrected chi connectivity index (χ3v) is 3.94. The minimum absolute atomic E-state index is 0.174. The number of hydrogen-bond donors (Lipinski definition) is 1. The van der Waals surface area contributed by atoms with E-state index < -0.39 is 17.7 Å². The van der Waals surface area contributed by atoms with Crippen molar-refractivity contribution in [3.63, 3.8) is 0 Å². The molecule has 4 nitrogen and oxygen atoms in total. The van der Waals surface area contributed by atoms with Gasteiger partial charge in [-0.3, -0.25) is 0 Å². The van der Waals surface area contributed by atoms with Crippen LogP contribution in [0.3, 0.4) is 0 Å². The SMILES string of the molecule is CC(C)CN(C)c1cc2c(cc1Cl)C=CC(C(=O)O)(C(F)(F)F)O2. The molecule has 1 aliphatic heterocycles. The molecule has 24 heavy (non-hydrogen) atoms. The first-order valence-corrected chi connectivity index (χ1v) is 7.59. The van der Waals surface area contributed by atoms with E-state index in [-0.39, 0.29) is 5.75 Å². The Hall–Kier alpha value is -1.89. The Balaban J connectivity index is 2.49. The Morgan fingerprint density at radius 2 is 2.04 bits per heavy atom. The average molecular weight is 364 g/mol. The van der Waals surface area contributed by atoms with Crippen LogP contribution < -0.4 is 9.64 Å². The van der Waals surface area contributed by atoms with Crippen LogP contribution in [0.1, 0.15) is 19.4 Å². The Labute approximate surface area is 142 Å². The predicted octanol–water partition coefficient (Wildman–Crippen LogP) is 4.22. The molecule has 0 radical (unpaired) electrons. The lowest BCUT2D eigenvalue weighted by Gasteiger charge is -2.33. The molecule has 0 aliphatic carbocycles. The fourth-order valence-electron chi connectivity index (χ4n) is 2.52. The molecule has 8 heteroatoms. The Morgan fingerprint density at radius 1 is 1.42 bits per heavy atom. The van der Waals surface area contributed by atoms with E-state index in [2.05, 4.69) is 0 Å². The second-order valence-electron chi connectivity index (χ2n) is 6.09. The zero-order valence-electron chi connectivity index (χ0n) is 13.3. The maximum atomic E-state index is 13.3. The van der Waals surface area contributed by atoms with Gasteiger partial charge in [0, 0.05) is 25.2 Å². The molecule has 1 atom stereocenters. The molecule has 0 saturated heterocycles. The molecule has 0 amide bonds. The molecule has 1 aromatic carbocycles. The zero-order chi connectivity index (χ0) is 18.3. The van der Waals surface area contributed by atoms with Gasteiger partial charge in [-0.05, 0) is 18.1 Å². The molecule has 0 bridgehead atoms. The molecular formula is C16H17ClF3NO3. The molecule has 1 aliphatic rings. The molecule has 0 saturated carbocycles. The van der Waals surface area contributed by atoms with Crippen molar-refractivity contribution >= 4 is 29.3 Å². The van der Waals surface area contributed by atoms with Crippen molar-refractivity contribution in [2.24, 2.45) is 5.92 Å². The summed E-state index contributed by atoms with van der Waals surface area (Å²) < 4.78 is 44.7. The number of ether oxygens (including phenoxy) is 1. The van der Waals surface area contributed by atoms with Crippen molar-refractivity contribution in [1.29, 1.82) is 0 Å². The number of anilines is 1. The summed E-state index contributed by atoms with van der Waals surface area (Å²) in [6, 6.07) is 2.80. The smallest absolute Gasteiger partial charge is 0.443 e. The normalized spacial score (nSPS) is 19.8. The first-order chi connectivity index (χ1) is 11.0. The van der Waals surface area contributed by atoms with Gasteiger partial charge < -0.3 is 14.7 Å². The largest absolute Gasteiger partial charge is 0.478 e. The summed E-state index contributed by atoms with van der Waals surface area (Å²) in [5, 5.41) is 9.42. The first kappa shape index (κ1) is 18.4. The summed E-state index contributed by atoms with van der Waals surface area (Å²) in [4.78, 5) is 13.0. The van der Waals surface area contributed by atoms with E-state index >= 15 is 0 Å². The van der Waals surface area contributed by atoms with Gasteiger partial charge in [0.1, 0.15) is 5.75 Å². The van der Waals surface area contributed by atoms with Crippen LogP contribution >= 0.6 is 11.6 Å². The number of carbonyl (C=O) groups is 1. The quantitative estimate of drug-likeness (QED) is 0.870. The van der Waals surface area contributed by atoms with Crippen LogP contribution in [0, 0.1) is 5.92 Å². The zero-order valence-corrected chi connectivity index (χ0v) is 14.1. The van der Waals surface area contributed by atoms with Crippen molar-refractivity contribution in [1.82, 2.24) is 0 Å². The van der Waals surface area contributed by atoms with Crippen LogP contribution in [0.15, 0.2) is 18.2 Å². The molecule has 0 aromatic heterocycles. The van der Waals surface area contributed by atoms with Crippen LogP contribution in [0.4, 0.5) is 18.9 Å². The third kappa shape index (κ3) is 3.17. The monoisotopic (exact) mass is 363 g/mol. The van der Waals surface area contributed by atoms with Gasteiger partial charge in [-0.25, -0.2) is 4.79 Å². The summed E-state index contributed by atoms with van der Waals surface area (Å²) in [5.41, 5.74) is -2.63. The van der Waals surface area contributed by atoms with E-state index in [1.54, 1.807) is 11.9 Å². The maximum absolute atomic E-state index is 13.3. The molecule has 0 spiro atoms. The molecule has 1 unspecified atom stereocenters. The molecule has 1 N–H and O–H groups in total. The van der Waals surface area contributed by atoms with Crippen LogP contribution in [-0.2, 0) is 4.79 Å². The standard InChI is InChI=1S/C16H17ClF3NO3/c1-9(2)8-21(3)12-7-13-10(6-11(12)17)4-5-15(24-13,14(22)23)16(18,19)20/h4-7,9H,8H2,1-3H3,(H,22,23). The van der Waals surface area contributed by atoms with Gasteiger partial charge in [-0.2, -0.15) is 13.2 Å². The highest BCUT2D eigenvalue weighted by atomic mass is 35.5. The first-order valence-electron chi connectivity index (χ1n) is 7.21.